The summed E-state index contributed by atoms with van der Waals surface area (Å²) in [5, 5.41) is 7.62. The van der Waals surface area contributed by atoms with E-state index in [1.54, 1.807) is 12.1 Å². The summed E-state index contributed by atoms with van der Waals surface area (Å²) in [5.74, 6) is -0.222. The largest absolute Gasteiger partial charge is 0.581 e. The number of ketones is 1. The fourth-order valence-corrected chi connectivity index (χ4v) is 1.39. The van der Waals surface area contributed by atoms with Crippen molar-refractivity contribution in [2.75, 3.05) is 5.73 Å². The third-order valence-electron chi connectivity index (χ3n) is 1.98. The summed E-state index contributed by atoms with van der Waals surface area (Å²) in [5.41, 5.74) is 6.85. The molecule has 0 fully saturated rings. The minimum Gasteiger partial charge on any atom is -0.581 e. The molecule has 2 N–H and O–H groups in total. The van der Waals surface area contributed by atoms with Gasteiger partial charge in [0.25, 0.3) is 0 Å². The molecule has 1 aromatic carbocycles. The standard InChI is InChI=1S/C10H8ClN3O.Pd/c11-7-1-2-9(12)8(3-7)10(15)6-4-13-14-5-6;/h1-5H,(H3,12,13,14,15);/p-1. The van der Waals surface area contributed by atoms with Crippen molar-refractivity contribution in [3.8, 4) is 0 Å². The van der Waals surface area contributed by atoms with Gasteiger partial charge in [-0.05, 0) is 18.2 Å². The number of aromatic nitrogens is 2. The van der Waals surface area contributed by atoms with Gasteiger partial charge in [0.1, 0.15) is 0 Å². The Hall–Kier alpha value is -1.15. The number of nitrogens with two attached hydrogens (primary N) is 1. The molecule has 1 heterocycles. The molecule has 0 spiro atoms. The summed E-state index contributed by atoms with van der Waals surface area (Å²) in [6, 6.07) is 4.76. The molecule has 0 aliphatic rings. The van der Waals surface area contributed by atoms with E-state index >= 15 is 0 Å². The van der Waals surface area contributed by atoms with E-state index in [0.29, 0.717) is 21.8 Å². The van der Waals surface area contributed by atoms with Crippen LogP contribution in [-0.2, 0) is 20.4 Å². The Balaban J connectivity index is 0.00000128. The molecule has 0 saturated carbocycles. The maximum atomic E-state index is 11.9. The predicted octanol–water partition coefficient (Wildman–Crippen LogP) is 1.50. The number of rotatable bonds is 2. The molecule has 16 heavy (non-hydrogen) atoms. The molecule has 6 heteroatoms. The van der Waals surface area contributed by atoms with Gasteiger partial charge in [-0.2, -0.15) is 0 Å². The van der Waals surface area contributed by atoms with Gasteiger partial charge in [0, 0.05) is 48.5 Å². The van der Waals surface area contributed by atoms with Gasteiger partial charge in [-0.25, -0.2) is 0 Å². The van der Waals surface area contributed by atoms with Crippen molar-refractivity contribution in [1.29, 1.82) is 0 Å². The molecular weight excluding hydrogens is 320 g/mol. The molecule has 0 radical (unpaired) electrons. The first-order chi connectivity index (χ1) is 7.18. The van der Waals surface area contributed by atoms with Gasteiger partial charge in [-0.15, -0.1) is 6.20 Å². The Bertz CT molecular complexity index is 499. The van der Waals surface area contributed by atoms with Gasteiger partial charge in [0.2, 0.25) is 0 Å². The second-order valence-corrected chi connectivity index (χ2v) is 3.44. The maximum absolute atomic E-state index is 11.9. The number of hydrogen-bond acceptors (Lipinski definition) is 3. The third kappa shape index (κ3) is 2.50. The first-order valence-corrected chi connectivity index (χ1v) is 4.59. The summed E-state index contributed by atoms with van der Waals surface area (Å²) in [6.07, 6.45) is 2.78. The molecule has 2 aromatic rings. The number of carbonyl (C=O) groups is 1. The molecule has 0 atom stereocenters. The van der Waals surface area contributed by atoms with E-state index in [9.17, 15) is 4.79 Å². The number of hydrogen-bond donors (Lipinski definition) is 1. The first-order valence-electron chi connectivity index (χ1n) is 4.21. The Morgan fingerprint density at radius 3 is 2.81 bits per heavy atom. The molecule has 1 aromatic heterocycles. The quantitative estimate of drug-likeness (QED) is 0.516. The second kappa shape index (κ2) is 5.26. The number of benzene rings is 1. The Kier molecular flexibility index (Phi) is 4.25. The average molecular weight is 327 g/mol. The van der Waals surface area contributed by atoms with Crippen molar-refractivity contribution in [3.63, 3.8) is 0 Å². The van der Waals surface area contributed by atoms with E-state index in [-0.39, 0.29) is 26.2 Å². The number of carbonyl (C=O) groups excluding carboxylic acids is 1. The smallest absolute Gasteiger partial charge is 0.194 e. The zero-order valence-corrected chi connectivity index (χ0v) is 10.3. The summed E-state index contributed by atoms with van der Waals surface area (Å²) < 4.78 is 0. The summed E-state index contributed by atoms with van der Waals surface area (Å²) in [4.78, 5) is 11.9. The molecular formula is C10H7ClN3OPd-. The SMILES string of the molecule is Nc1ccc(Cl)cc1C(=O)c1cn[n-]c1.[Pd]. The van der Waals surface area contributed by atoms with Crippen molar-refractivity contribution in [2.24, 2.45) is 0 Å². The number of nitrogen functional groups attached to an aromatic ring is 1. The van der Waals surface area contributed by atoms with E-state index in [2.05, 4.69) is 10.2 Å². The van der Waals surface area contributed by atoms with Crippen LogP contribution < -0.4 is 10.8 Å². The van der Waals surface area contributed by atoms with Crippen LogP contribution in [0.2, 0.25) is 5.02 Å². The van der Waals surface area contributed by atoms with Gasteiger partial charge in [-0.1, -0.05) is 11.6 Å². The molecule has 0 saturated heterocycles. The molecule has 0 aliphatic heterocycles. The normalized spacial score (nSPS) is 9.56. The number of nitrogens with zero attached hydrogens (tertiary/aromatic N) is 2. The minimum atomic E-state index is -0.222. The molecule has 86 valence electrons. The summed E-state index contributed by atoms with van der Waals surface area (Å²) in [6.45, 7) is 0. The van der Waals surface area contributed by atoms with Gasteiger partial charge < -0.3 is 15.9 Å². The molecule has 0 bridgehead atoms. The number of anilines is 1. The van der Waals surface area contributed by atoms with Crippen LogP contribution in [0.1, 0.15) is 15.9 Å². The average Bonchev–Trinajstić information content (AvgIpc) is 2.74. The van der Waals surface area contributed by atoms with Gasteiger partial charge >= 0.3 is 0 Å². The minimum absolute atomic E-state index is 0. The summed E-state index contributed by atoms with van der Waals surface area (Å²) in [7, 11) is 0. The van der Waals surface area contributed by atoms with Crippen LogP contribution in [0.3, 0.4) is 0 Å². The third-order valence-corrected chi connectivity index (χ3v) is 2.22. The molecule has 2 rings (SSSR count). The van der Waals surface area contributed by atoms with Crippen LogP contribution in [0, 0.1) is 0 Å². The summed E-state index contributed by atoms with van der Waals surface area (Å²) >= 11 is 5.78. The molecule has 0 unspecified atom stereocenters. The van der Waals surface area contributed by atoms with Gasteiger partial charge in [0.05, 0.1) is 0 Å². The topological polar surface area (TPSA) is 70.1 Å². The monoisotopic (exact) mass is 326 g/mol. The maximum Gasteiger partial charge on any atom is 0.194 e. The van der Waals surface area contributed by atoms with Crippen molar-refractivity contribution in [3.05, 3.63) is 46.7 Å². The van der Waals surface area contributed by atoms with Crippen molar-refractivity contribution < 1.29 is 25.2 Å². The fraction of sp³-hybridized carbons (Fsp3) is 0. The van der Waals surface area contributed by atoms with E-state index in [1.807, 2.05) is 0 Å². The fourth-order valence-electron chi connectivity index (χ4n) is 1.22. The van der Waals surface area contributed by atoms with Crippen LogP contribution in [0.25, 0.3) is 0 Å². The second-order valence-electron chi connectivity index (χ2n) is 3.01. The van der Waals surface area contributed by atoms with E-state index in [1.165, 1.54) is 18.5 Å². The Labute approximate surface area is 111 Å². The van der Waals surface area contributed by atoms with Crippen LogP contribution in [0.15, 0.2) is 30.6 Å². The van der Waals surface area contributed by atoms with Crippen molar-refractivity contribution in [1.82, 2.24) is 10.2 Å². The zero-order valence-electron chi connectivity index (χ0n) is 7.96. The van der Waals surface area contributed by atoms with Crippen LogP contribution in [0.4, 0.5) is 5.69 Å². The van der Waals surface area contributed by atoms with Crippen LogP contribution >= 0.6 is 11.6 Å². The molecule has 0 amide bonds. The van der Waals surface area contributed by atoms with Crippen LogP contribution in [-0.4, -0.2) is 10.9 Å². The number of halogens is 1. The van der Waals surface area contributed by atoms with Gasteiger partial charge in [-0.3, -0.25) is 4.79 Å². The van der Waals surface area contributed by atoms with E-state index in [0.717, 1.165) is 0 Å². The van der Waals surface area contributed by atoms with E-state index in [4.69, 9.17) is 17.3 Å². The predicted molar refractivity (Wildman–Crippen MR) is 56.9 cm³/mol. The first kappa shape index (κ1) is 12.9. The van der Waals surface area contributed by atoms with Crippen LogP contribution in [0.5, 0.6) is 0 Å². The van der Waals surface area contributed by atoms with Gasteiger partial charge in [0.15, 0.2) is 5.78 Å². The Morgan fingerprint density at radius 2 is 2.19 bits per heavy atom. The van der Waals surface area contributed by atoms with Crippen molar-refractivity contribution in [2.45, 2.75) is 0 Å². The Morgan fingerprint density at radius 1 is 1.44 bits per heavy atom. The zero-order chi connectivity index (χ0) is 10.8. The van der Waals surface area contributed by atoms with E-state index < -0.39 is 0 Å². The molecule has 4 nitrogen and oxygen atoms in total. The van der Waals surface area contributed by atoms with Crippen molar-refractivity contribution >= 4 is 23.1 Å². The molecule has 0 aliphatic carbocycles.